The highest BCUT2D eigenvalue weighted by atomic mass is 32.2. The standard InChI is InChI=1S/C22H10N4O6S4/c1-5-7(4-23)17(29)25-18(30)8(5)21-33-13-11(27)15-16(12(28)14(13)34-21)36-22(35-15)9-6(2)10(24-3)20(32)26-19(9)31/h27-28H,1-2H3,(H,25,29,30)(H,26,31,32). The van der Waals surface area contributed by atoms with Gasteiger partial charge in [-0.1, -0.05) is 47.0 Å². The Morgan fingerprint density at radius 1 is 0.750 bits per heavy atom. The van der Waals surface area contributed by atoms with Crippen molar-refractivity contribution >= 4 is 70.7 Å². The molecule has 0 saturated carbocycles. The number of hydrogen-bond acceptors (Lipinski definition) is 11. The lowest BCUT2D eigenvalue weighted by molar-refractivity contribution is -0.128. The largest absolute Gasteiger partial charge is 0.505 e. The third-order valence-corrected chi connectivity index (χ3v) is 10.7. The summed E-state index contributed by atoms with van der Waals surface area (Å²) >= 11 is 4.08. The molecular formula is C22H10N4O6S4. The van der Waals surface area contributed by atoms with Gasteiger partial charge in [0.15, 0.2) is 0 Å². The topological polar surface area (TPSA) is 161 Å². The zero-order valence-corrected chi connectivity index (χ0v) is 21.3. The molecule has 178 valence electrons. The maximum absolute atomic E-state index is 12.6. The number of thioether (sulfide) groups is 4. The van der Waals surface area contributed by atoms with Crippen LogP contribution in [0.25, 0.3) is 4.85 Å². The van der Waals surface area contributed by atoms with E-state index in [1.54, 1.807) is 6.07 Å². The second kappa shape index (κ2) is 8.53. The molecule has 4 aliphatic rings. The lowest BCUT2D eigenvalue weighted by Gasteiger charge is -2.17. The Balaban J connectivity index is 1.61. The molecule has 0 radical (unpaired) electrons. The number of fused-ring (bicyclic) bond motifs is 2. The van der Waals surface area contributed by atoms with Crippen LogP contribution in [0.5, 0.6) is 11.5 Å². The number of carbonyl (C=O) groups excluding carboxylic acids is 4. The van der Waals surface area contributed by atoms with E-state index in [9.17, 15) is 34.7 Å². The van der Waals surface area contributed by atoms with Crippen LogP contribution in [0, 0.1) is 17.9 Å². The predicted molar refractivity (Wildman–Crippen MR) is 131 cm³/mol. The fourth-order valence-electron chi connectivity index (χ4n) is 3.77. The number of nitrogens with one attached hydrogen (secondary N) is 2. The number of nitrogens with zero attached hydrogens (tertiary/aromatic N) is 2. The quantitative estimate of drug-likeness (QED) is 0.161. The zero-order valence-electron chi connectivity index (χ0n) is 18.1. The molecule has 5 rings (SSSR count). The molecule has 10 nitrogen and oxygen atoms in total. The average Bonchev–Trinajstić information content (AvgIpc) is 3.43. The highest BCUT2D eigenvalue weighted by molar-refractivity contribution is 8.26. The van der Waals surface area contributed by atoms with Gasteiger partial charge in [-0.25, -0.2) is 4.85 Å². The lowest BCUT2D eigenvalue weighted by Crippen LogP contribution is -2.38. The molecule has 4 aliphatic heterocycles. The van der Waals surface area contributed by atoms with E-state index >= 15 is 0 Å². The number of imide groups is 2. The van der Waals surface area contributed by atoms with Gasteiger partial charge in [0.2, 0.25) is 0 Å². The van der Waals surface area contributed by atoms with Gasteiger partial charge in [-0.3, -0.25) is 29.8 Å². The predicted octanol–water partition coefficient (Wildman–Crippen LogP) is 3.26. The van der Waals surface area contributed by atoms with Gasteiger partial charge in [-0.15, -0.1) is 0 Å². The molecule has 0 aromatic heterocycles. The van der Waals surface area contributed by atoms with Gasteiger partial charge in [0.05, 0.1) is 45.8 Å². The molecule has 4 N–H and O–H groups in total. The van der Waals surface area contributed by atoms with Crippen molar-refractivity contribution in [1.82, 2.24) is 10.6 Å². The van der Waals surface area contributed by atoms with E-state index in [1.165, 1.54) is 13.8 Å². The zero-order chi connectivity index (χ0) is 26.0. The number of aromatic hydroxyl groups is 2. The molecule has 14 heteroatoms. The normalized spacial score (nSPS) is 19.3. The minimum atomic E-state index is -0.785. The van der Waals surface area contributed by atoms with Gasteiger partial charge in [-0.2, -0.15) is 5.26 Å². The van der Waals surface area contributed by atoms with Gasteiger partial charge in [0, 0.05) is 0 Å². The average molecular weight is 555 g/mol. The number of phenols is 2. The molecular weight excluding hydrogens is 545 g/mol. The van der Waals surface area contributed by atoms with Crippen LogP contribution in [0.3, 0.4) is 0 Å². The molecule has 0 atom stereocenters. The number of hydrogen-bond donors (Lipinski definition) is 4. The Morgan fingerprint density at radius 2 is 1.17 bits per heavy atom. The molecule has 1 aromatic rings. The van der Waals surface area contributed by atoms with Crippen LogP contribution < -0.4 is 10.6 Å². The van der Waals surface area contributed by atoms with Gasteiger partial charge < -0.3 is 10.2 Å². The minimum Gasteiger partial charge on any atom is -0.505 e. The Labute approximate surface area is 219 Å². The van der Waals surface area contributed by atoms with Gasteiger partial charge in [0.25, 0.3) is 29.3 Å². The monoisotopic (exact) mass is 554 g/mol. The fraction of sp³-hybridized carbons (Fsp3) is 0.0909. The van der Waals surface area contributed by atoms with E-state index in [0.29, 0.717) is 8.47 Å². The summed E-state index contributed by atoms with van der Waals surface area (Å²) in [6.07, 6.45) is 0. The number of carbonyl (C=O) groups is 4. The van der Waals surface area contributed by atoms with Gasteiger partial charge in [-0.05, 0) is 25.0 Å². The van der Waals surface area contributed by atoms with E-state index in [2.05, 4.69) is 15.5 Å². The molecule has 4 heterocycles. The lowest BCUT2D eigenvalue weighted by atomic mass is 9.98. The number of nitriles is 1. The van der Waals surface area contributed by atoms with Crippen LogP contribution in [0.2, 0.25) is 0 Å². The van der Waals surface area contributed by atoms with Crippen LogP contribution in [0.15, 0.2) is 61.6 Å². The van der Waals surface area contributed by atoms with Crippen molar-refractivity contribution in [2.45, 2.75) is 33.4 Å². The first kappa shape index (κ1) is 24.1. The van der Waals surface area contributed by atoms with Crippen molar-refractivity contribution in [2.24, 2.45) is 0 Å². The Morgan fingerprint density at radius 3 is 1.58 bits per heavy atom. The summed E-state index contributed by atoms with van der Waals surface area (Å²) in [6, 6.07) is 1.79. The summed E-state index contributed by atoms with van der Waals surface area (Å²) in [5.74, 6) is -3.27. The first-order valence-electron chi connectivity index (χ1n) is 9.82. The number of phenolic OH excluding ortho intramolecular Hbond substituents is 2. The van der Waals surface area contributed by atoms with E-state index in [-0.39, 0.29) is 64.6 Å². The van der Waals surface area contributed by atoms with Gasteiger partial charge in [0.1, 0.15) is 23.1 Å². The van der Waals surface area contributed by atoms with Crippen molar-refractivity contribution in [3.05, 3.63) is 53.5 Å². The van der Waals surface area contributed by atoms with E-state index in [1.807, 2.05) is 0 Å². The molecule has 0 fully saturated rings. The molecule has 0 bridgehead atoms. The molecule has 0 saturated heterocycles. The molecule has 36 heavy (non-hydrogen) atoms. The summed E-state index contributed by atoms with van der Waals surface area (Å²) in [5.41, 5.74) is 0.220. The smallest absolute Gasteiger partial charge is 0.269 e. The van der Waals surface area contributed by atoms with Crippen molar-refractivity contribution in [2.75, 3.05) is 0 Å². The molecule has 1 aromatic carbocycles. The van der Waals surface area contributed by atoms with Crippen LogP contribution in [-0.4, -0.2) is 33.8 Å². The highest BCUT2D eigenvalue weighted by Gasteiger charge is 2.40. The fourth-order valence-corrected chi connectivity index (χ4v) is 9.42. The summed E-state index contributed by atoms with van der Waals surface area (Å²) in [6.45, 7) is 10.2. The van der Waals surface area contributed by atoms with E-state index < -0.39 is 23.6 Å². The van der Waals surface area contributed by atoms with Crippen molar-refractivity contribution in [3.63, 3.8) is 0 Å². The summed E-state index contributed by atoms with van der Waals surface area (Å²) in [7, 11) is 0. The van der Waals surface area contributed by atoms with Crippen molar-refractivity contribution in [3.8, 4) is 17.6 Å². The first-order chi connectivity index (χ1) is 17.1. The van der Waals surface area contributed by atoms with Gasteiger partial charge >= 0.3 is 0 Å². The summed E-state index contributed by atoms with van der Waals surface area (Å²) in [5, 5.41) is 35.7. The number of rotatable bonds is 0. The SMILES string of the molecule is [C-]#[N+]C1=C(C)C(=C2Sc3c(O)c4c(c(O)c3S2)SC(=C2C(=O)NC(=O)C(C#N)=C2C)S4)C(=O)NC1=O. The van der Waals surface area contributed by atoms with Crippen LogP contribution in [0.4, 0.5) is 0 Å². The first-order valence-corrected chi connectivity index (χ1v) is 13.1. The van der Waals surface area contributed by atoms with E-state index in [0.717, 1.165) is 47.0 Å². The highest BCUT2D eigenvalue weighted by Crippen LogP contribution is 2.68. The molecule has 4 amide bonds. The maximum atomic E-state index is 12.6. The van der Waals surface area contributed by atoms with Crippen LogP contribution in [-0.2, 0) is 19.2 Å². The molecule has 0 aliphatic carbocycles. The van der Waals surface area contributed by atoms with E-state index in [4.69, 9.17) is 6.57 Å². The van der Waals surface area contributed by atoms with Crippen LogP contribution in [0.1, 0.15) is 13.8 Å². The molecule has 0 unspecified atom stereocenters. The maximum Gasteiger partial charge on any atom is 0.269 e. The second-order valence-electron chi connectivity index (χ2n) is 7.51. The summed E-state index contributed by atoms with van der Waals surface area (Å²) in [4.78, 5) is 53.3. The van der Waals surface area contributed by atoms with Crippen molar-refractivity contribution < 1.29 is 29.4 Å². The second-order valence-corrected chi connectivity index (χ2v) is 12.1. The van der Waals surface area contributed by atoms with Crippen LogP contribution >= 0.6 is 47.0 Å². The molecule has 0 spiro atoms. The Bertz CT molecular complexity index is 1460. The Kier molecular flexibility index (Phi) is 5.72. The van der Waals surface area contributed by atoms with Crippen molar-refractivity contribution in [1.29, 1.82) is 5.26 Å². The minimum absolute atomic E-state index is 0.107. The third-order valence-electron chi connectivity index (χ3n) is 5.51. The number of amides is 4. The third kappa shape index (κ3) is 3.37. The summed E-state index contributed by atoms with van der Waals surface area (Å²) < 4.78 is 0.771. The number of benzene rings is 1. The Hall–Kier alpha value is -3.56.